The molecule has 80 valence electrons. The Morgan fingerprint density at radius 2 is 1.64 bits per heavy atom. The summed E-state index contributed by atoms with van der Waals surface area (Å²) in [4.78, 5) is 31.8. The summed E-state index contributed by atoms with van der Waals surface area (Å²) in [5.74, 6) is -4.40. The summed E-state index contributed by atoms with van der Waals surface area (Å²) in [6, 6.07) is 0. The Labute approximate surface area is 81.7 Å². The van der Waals surface area contributed by atoms with Crippen LogP contribution in [0.15, 0.2) is 0 Å². The lowest BCUT2D eigenvalue weighted by atomic mass is 9.89. The third kappa shape index (κ3) is 4.02. The van der Waals surface area contributed by atoms with Crippen LogP contribution in [-0.4, -0.2) is 27.9 Å². The SMILES string of the molecule is CC(=O)CC[C@H](C(=O)O)[C@@H](C)C(=O)O. The van der Waals surface area contributed by atoms with Gasteiger partial charge in [0.1, 0.15) is 5.78 Å². The van der Waals surface area contributed by atoms with E-state index in [1.54, 1.807) is 0 Å². The van der Waals surface area contributed by atoms with E-state index in [0.717, 1.165) is 0 Å². The third-order valence-electron chi connectivity index (χ3n) is 2.12. The van der Waals surface area contributed by atoms with Gasteiger partial charge in [0.05, 0.1) is 11.8 Å². The van der Waals surface area contributed by atoms with Crippen molar-refractivity contribution in [2.75, 3.05) is 0 Å². The second kappa shape index (κ2) is 5.36. The lowest BCUT2D eigenvalue weighted by molar-refractivity contribution is -0.153. The van der Waals surface area contributed by atoms with E-state index < -0.39 is 23.8 Å². The first-order chi connectivity index (χ1) is 6.36. The largest absolute Gasteiger partial charge is 0.481 e. The topological polar surface area (TPSA) is 91.7 Å². The predicted molar refractivity (Wildman–Crippen MR) is 47.8 cm³/mol. The smallest absolute Gasteiger partial charge is 0.307 e. The Kier molecular flexibility index (Phi) is 4.83. The third-order valence-corrected chi connectivity index (χ3v) is 2.12. The number of ketones is 1. The molecule has 0 radical (unpaired) electrons. The van der Waals surface area contributed by atoms with Crippen LogP contribution in [0.3, 0.4) is 0 Å². The maximum absolute atomic E-state index is 10.7. The van der Waals surface area contributed by atoms with Crippen molar-refractivity contribution in [2.24, 2.45) is 11.8 Å². The average molecular weight is 202 g/mol. The van der Waals surface area contributed by atoms with Gasteiger partial charge in [-0.1, -0.05) is 6.92 Å². The van der Waals surface area contributed by atoms with E-state index >= 15 is 0 Å². The normalized spacial score (nSPS) is 14.4. The maximum atomic E-state index is 10.7. The van der Waals surface area contributed by atoms with Crippen molar-refractivity contribution in [1.29, 1.82) is 0 Å². The van der Waals surface area contributed by atoms with Crippen LogP contribution >= 0.6 is 0 Å². The zero-order valence-corrected chi connectivity index (χ0v) is 8.19. The molecule has 0 heterocycles. The van der Waals surface area contributed by atoms with Gasteiger partial charge in [-0.05, 0) is 13.3 Å². The number of rotatable bonds is 6. The van der Waals surface area contributed by atoms with Gasteiger partial charge in [-0.3, -0.25) is 9.59 Å². The number of hydrogen-bond acceptors (Lipinski definition) is 3. The van der Waals surface area contributed by atoms with Gasteiger partial charge in [-0.15, -0.1) is 0 Å². The molecule has 0 aromatic rings. The molecule has 5 heteroatoms. The number of carboxylic acids is 2. The highest BCUT2D eigenvalue weighted by Gasteiger charge is 2.29. The van der Waals surface area contributed by atoms with Crippen molar-refractivity contribution >= 4 is 17.7 Å². The lowest BCUT2D eigenvalue weighted by Gasteiger charge is -2.15. The molecule has 0 fully saturated rings. The Morgan fingerprint density at radius 3 is 1.93 bits per heavy atom. The van der Waals surface area contributed by atoms with Crippen molar-refractivity contribution in [3.8, 4) is 0 Å². The number of Topliss-reactive ketones (excluding diaryl/α,β-unsaturated/α-hetero) is 1. The molecular formula is C9H14O5. The van der Waals surface area contributed by atoms with Crippen LogP contribution in [0, 0.1) is 11.8 Å². The van der Waals surface area contributed by atoms with Crippen molar-refractivity contribution in [2.45, 2.75) is 26.7 Å². The molecule has 2 N–H and O–H groups in total. The summed E-state index contributed by atoms with van der Waals surface area (Å²) in [5, 5.41) is 17.3. The highest BCUT2D eigenvalue weighted by atomic mass is 16.4. The summed E-state index contributed by atoms with van der Waals surface area (Å²) >= 11 is 0. The molecular weight excluding hydrogens is 188 g/mol. The minimum absolute atomic E-state index is 0.0815. The first-order valence-corrected chi connectivity index (χ1v) is 4.31. The highest BCUT2D eigenvalue weighted by Crippen LogP contribution is 2.18. The molecule has 0 spiro atoms. The van der Waals surface area contributed by atoms with E-state index in [2.05, 4.69) is 0 Å². The quantitative estimate of drug-likeness (QED) is 0.664. The number of carbonyl (C=O) groups excluding carboxylic acids is 1. The summed E-state index contributed by atoms with van der Waals surface area (Å²) < 4.78 is 0. The number of carboxylic acid groups (broad SMARTS) is 2. The fraction of sp³-hybridized carbons (Fsp3) is 0.667. The summed E-state index contributed by atoms with van der Waals surface area (Å²) in [5.41, 5.74) is 0. The maximum Gasteiger partial charge on any atom is 0.307 e. The van der Waals surface area contributed by atoms with Crippen molar-refractivity contribution in [3.05, 3.63) is 0 Å². The van der Waals surface area contributed by atoms with Crippen LogP contribution in [0.1, 0.15) is 26.7 Å². The zero-order valence-electron chi connectivity index (χ0n) is 8.19. The monoisotopic (exact) mass is 202 g/mol. The minimum atomic E-state index is -1.17. The Morgan fingerprint density at radius 1 is 1.14 bits per heavy atom. The molecule has 0 unspecified atom stereocenters. The van der Waals surface area contributed by atoms with Crippen LogP contribution in [0.5, 0.6) is 0 Å². The molecule has 0 saturated heterocycles. The molecule has 0 saturated carbocycles. The number of aliphatic carboxylic acids is 2. The fourth-order valence-electron chi connectivity index (χ4n) is 1.12. The van der Waals surface area contributed by atoms with E-state index in [4.69, 9.17) is 10.2 Å². The molecule has 0 rings (SSSR count). The number of carbonyl (C=O) groups is 3. The van der Waals surface area contributed by atoms with E-state index in [9.17, 15) is 14.4 Å². The van der Waals surface area contributed by atoms with E-state index in [0.29, 0.717) is 0 Å². The Balaban J connectivity index is 4.37. The standard InChI is InChI=1S/C9H14O5/c1-5(10)3-4-7(9(13)14)6(2)8(11)12/h6-7H,3-4H2,1-2H3,(H,11,12)(H,13,14)/t6-,7+/m1/s1. The van der Waals surface area contributed by atoms with Crippen molar-refractivity contribution in [3.63, 3.8) is 0 Å². The molecule has 14 heavy (non-hydrogen) atoms. The van der Waals surface area contributed by atoms with E-state index in [-0.39, 0.29) is 18.6 Å². The molecule has 0 bridgehead atoms. The Bertz CT molecular complexity index is 246. The van der Waals surface area contributed by atoms with Gasteiger partial charge in [0.15, 0.2) is 0 Å². The molecule has 0 aliphatic heterocycles. The van der Waals surface area contributed by atoms with Gasteiger partial charge >= 0.3 is 11.9 Å². The summed E-state index contributed by atoms with van der Waals surface area (Å²) in [6.07, 6.45) is 0.187. The molecule has 0 aromatic carbocycles. The predicted octanol–water partition coefficient (Wildman–Crippen LogP) is 0.777. The van der Waals surface area contributed by atoms with Gasteiger partial charge in [0.2, 0.25) is 0 Å². The molecule has 0 aromatic heterocycles. The van der Waals surface area contributed by atoms with Crippen LogP contribution in [0.25, 0.3) is 0 Å². The summed E-state index contributed by atoms with van der Waals surface area (Å²) in [7, 11) is 0. The second-order valence-electron chi connectivity index (χ2n) is 3.31. The number of hydrogen-bond donors (Lipinski definition) is 2. The van der Waals surface area contributed by atoms with Gasteiger partial charge in [0.25, 0.3) is 0 Å². The van der Waals surface area contributed by atoms with Crippen LogP contribution in [-0.2, 0) is 14.4 Å². The van der Waals surface area contributed by atoms with Crippen molar-refractivity contribution < 1.29 is 24.6 Å². The van der Waals surface area contributed by atoms with Gasteiger partial charge in [-0.25, -0.2) is 0 Å². The van der Waals surface area contributed by atoms with Crippen LogP contribution in [0.4, 0.5) is 0 Å². The zero-order chi connectivity index (χ0) is 11.3. The average Bonchev–Trinajstić information content (AvgIpc) is 2.02. The van der Waals surface area contributed by atoms with Gasteiger partial charge in [0, 0.05) is 6.42 Å². The van der Waals surface area contributed by atoms with Crippen LogP contribution in [0.2, 0.25) is 0 Å². The highest BCUT2D eigenvalue weighted by molar-refractivity contribution is 5.81. The van der Waals surface area contributed by atoms with Crippen molar-refractivity contribution in [1.82, 2.24) is 0 Å². The van der Waals surface area contributed by atoms with E-state index in [1.165, 1.54) is 13.8 Å². The summed E-state index contributed by atoms with van der Waals surface area (Å²) in [6.45, 7) is 2.69. The lowest BCUT2D eigenvalue weighted by Crippen LogP contribution is -2.28. The molecule has 0 aliphatic rings. The fourth-order valence-corrected chi connectivity index (χ4v) is 1.12. The van der Waals surface area contributed by atoms with Gasteiger partial charge < -0.3 is 15.0 Å². The second-order valence-corrected chi connectivity index (χ2v) is 3.31. The Hall–Kier alpha value is -1.39. The molecule has 0 aliphatic carbocycles. The molecule has 0 amide bonds. The first kappa shape index (κ1) is 12.6. The first-order valence-electron chi connectivity index (χ1n) is 4.31. The van der Waals surface area contributed by atoms with Crippen LogP contribution < -0.4 is 0 Å². The van der Waals surface area contributed by atoms with Gasteiger partial charge in [-0.2, -0.15) is 0 Å². The minimum Gasteiger partial charge on any atom is -0.481 e. The molecule has 5 nitrogen and oxygen atoms in total. The van der Waals surface area contributed by atoms with E-state index in [1.807, 2.05) is 0 Å². The molecule has 2 atom stereocenters.